The molecule has 1 aliphatic carbocycles. The molecule has 1 saturated carbocycles. The van der Waals surface area contributed by atoms with Gasteiger partial charge in [0.15, 0.2) is 0 Å². The number of benzene rings is 1. The van der Waals surface area contributed by atoms with Gasteiger partial charge in [-0.25, -0.2) is 14.7 Å². The fourth-order valence-corrected chi connectivity index (χ4v) is 2.91. The second-order valence-corrected chi connectivity index (χ2v) is 7.40. The molecule has 0 aromatic heterocycles. The molecule has 1 aliphatic rings. The predicted octanol–water partition coefficient (Wildman–Crippen LogP) is 4.78. The molecule has 7 heteroatoms. The average Bonchev–Trinajstić information content (AvgIpc) is 3.63. The standard InChI is InChI=1S/C23H29FN2O2.C2H7NO/c1-4-7-19(18-8-9-18)14-21(16(3)5-2)26-15-17-12-20(24)23(22(28)13-17)25-10-6-11-27;1-3-4-2/h4,6-7,12-14,18,25-26,28H,5,8-10,15H2,1-3H3;3H,1-2H3/b7-4-,19-14+,21-16?;. The van der Waals surface area contributed by atoms with E-state index >= 15 is 0 Å². The van der Waals surface area contributed by atoms with Crippen LogP contribution in [0.1, 0.15) is 45.6 Å². The highest BCUT2D eigenvalue weighted by molar-refractivity contribution is 5.59. The Morgan fingerprint density at radius 2 is 2.06 bits per heavy atom. The van der Waals surface area contributed by atoms with E-state index in [1.165, 1.54) is 42.2 Å². The Bertz CT molecular complexity index is 842. The third kappa shape index (κ3) is 9.52. The minimum Gasteiger partial charge on any atom is -0.506 e. The van der Waals surface area contributed by atoms with Gasteiger partial charge in [0.1, 0.15) is 23.2 Å². The van der Waals surface area contributed by atoms with Crippen LogP contribution < -0.4 is 16.1 Å². The van der Waals surface area contributed by atoms with E-state index in [1.807, 2.05) is 6.92 Å². The van der Waals surface area contributed by atoms with E-state index in [0.717, 1.165) is 12.1 Å². The lowest BCUT2D eigenvalue weighted by molar-refractivity contribution is 0.112. The molecule has 0 radical (unpaired) electrons. The van der Waals surface area contributed by atoms with Crippen molar-refractivity contribution in [1.82, 2.24) is 10.8 Å². The highest BCUT2D eigenvalue weighted by atomic mass is 19.1. The van der Waals surface area contributed by atoms with Gasteiger partial charge in [0.05, 0.1) is 7.11 Å². The van der Waals surface area contributed by atoms with Gasteiger partial charge in [-0.3, -0.25) is 0 Å². The molecule has 1 aromatic carbocycles. The van der Waals surface area contributed by atoms with Crippen molar-refractivity contribution in [3.63, 3.8) is 0 Å². The fourth-order valence-electron chi connectivity index (χ4n) is 2.91. The SMILES string of the molecule is C/C=C\C(=C/C(NCc1cc(O)c(NCC=C=O)c(F)c1)=C(C)CC)C1CC1.CNOC. The van der Waals surface area contributed by atoms with Crippen LogP contribution in [-0.2, 0) is 16.2 Å². The quantitative estimate of drug-likeness (QED) is 0.170. The van der Waals surface area contributed by atoms with E-state index in [0.29, 0.717) is 18.0 Å². The summed E-state index contributed by atoms with van der Waals surface area (Å²) in [5.74, 6) is 1.49. The lowest BCUT2D eigenvalue weighted by Gasteiger charge is -2.14. The Labute approximate surface area is 190 Å². The summed E-state index contributed by atoms with van der Waals surface area (Å²) < 4.78 is 14.3. The summed E-state index contributed by atoms with van der Waals surface area (Å²) in [6, 6.07) is 2.91. The van der Waals surface area contributed by atoms with Crippen molar-refractivity contribution < 1.29 is 19.1 Å². The van der Waals surface area contributed by atoms with Crippen molar-refractivity contribution in [3.8, 4) is 5.75 Å². The molecule has 0 amide bonds. The molecule has 0 unspecified atom stereocenters. The zero-order chi connectivity index (χ0) is 23.9. The van der Waals surface area contributed by atoms with Crippen molar-refractivity contribution in [2.45, 2.75) is 46.6 Å². The zero-order valence-electron chi connectivity index (χ0n) is 19.7. The van der Waals surface area contributed by atoms with E-state index in [4.69, 9.17) is 0 Å². The van der Waals surface area contributed by atoms with Gasteiger partial charge in [-0.2, -0.15) is 0 Å². The minimum atomic E-state index is -0.558. The second kappa shape index (κ2) is 15.0. The topological polar surface area (TPSA) is 82.6 Å². The molecule has 0 heterocycles. The Balaban J connectivity index is 0.00000118. The first-order valence-electron chi connectivity index (χ1n) is 10.8. The first kappa shape index (κ1) is 27.2. The maximum Gasteiger partial charge on any atom is 0.150 e. The number of hydrogen-bond donors (Lipinski definition) is 4. The summed E-state index contributed by atoms with van der Waals surface area (Å²) in [5.41, 5.74) is 6.64. The number of rotatable bonds is 11. The number of phenols is 1. The number of anilines is 1. The van der Waals surface area contributed by atoms with Crippen LogP contribution in [0, 0.1) is 11.7 Å². The van der Waals surface area contributed by atoms with Gasteiger partial charge in [-0.05, 0) is 68.4 Å². The Morgan fingerprint density at radius 3 is 2.56 bits per heavy atom. The van der Waals surface area contributed by atoms with Crippen LogP contribution in [0.2, 0.25) is 0 Å². The normalized spacial score (nSPS) is 14.2. The number of halogens is 1. The number of phenolic OH excluding ortho intramolecular Hbond substituents is 1. The van der Waals surface area contributed by atoms with Crippen LogP contribution in [-0.4, -0.2) is 31.8 Å². The lowest BCUT2D eigenvalue weighted by atomic mass is 10.1. The van der Waals surface area contributed by atoms with E-state index in [2.05, 4.69) is 53.0 Å². The molecule has 0 bridgehead atoms. The predicted molar refractivity (Wildman–Crippen MR) is 128 cm³/mol. The van der Waals surface area contributed by atoms with Crippen LogP contribution in [0.5, 0.6) is 5.75 Å². The number of carbonyl (C=O) groups excluding carboxylic acids is 1. The van der Waals surface area contributed by atoms with E-state index in [-0.39, 0.29) is 18.0 Å². The van der Waals surface area contributed by atoms with E-state index < -0.39 is 5.82 Å². The summed E-state index contributed by atoms with van der Waals surface area (Å²) >= 11 is 0. The minimum absolute atomic E-state index is 0.0141. The Hall–Kier alpha value is -2.86. The molecule has 6 nitrogen and oxygen atoms in total. The first-order chi connectivity index (χ1) is 15.4. The molecular formula is C25H36FN3O3. The average molecular weight is 446 g/mol. The summed E-state index contributed by atoms with van der Waals surface area (Å²) in [5, 5.41) is 16.2. The molecule has 0 aliphatic heterocycles. The highest BCUT2D eigenvalue weighted by Gasteiger charge is 2.24. The van der Waals surface area contributed by atoms with Crippen LogP contribution in [0.4, 0.5) is 10.1 Å². The van der Waals surface area contributed by atoms with Crippen LogP contribution in [0.3, 0.4) is 0 Å². The van der Waals surface area contributed by atoms with Crippen molar-refractivity contribution in [1.29, 1.82) is 0 Å². The van der Waals surface area contributed by atoms with Gasteiger partial charge >= 0.3 is 0 Å². The van der Waals surface area contributed by atoms with E-state index in [9.17, 15) is 14.3 Å². The molecule has 4 N–H and O–H groups in total. The molecule has 176 valence electrons. The lowest BCUT2D eigenvalue weighted by Crippen LogP contribution is -2.14. The van der Waals surface area contributed by atoms with Crippen LogP contribution in [0.15, 0.2) is 53.3 Å². The maximum atomic E-state index is 14.3. The van der Waals surface area contributed by atoms with Gasteiger partial charge < -0.3 is 20.6 Å². The Kier molecular flexibility index (Phi) is 12.8. The van der Waals surface area contributed by atoms with Gasteiger partial charge in [0.2, 0.25) is 0 Å². The van der Waals surface area contributed by atoms with Crippen molar-refractivity contribution in [3.05, 3.63) is 64.7 Å². The first-order valence-corrected chi connectivity index (χ1v) is 10.8. The maximum absolute atomic E-state index is 14.3. The van der Waals surface area contributed by atoms with Crippen molar-refractivity contribution in [2.75, 3.05) is 26.0 Å². The number of hydroxylamine groups is 1. The molecule has 2 rings (SSSR count). The molecule has 0 spiro atoms. The number of allylic oxidation sites excluding steroid dienone is 5. The molecule has 1 fully saturated rings. The smallest absolute Gasteiger partial charge is 0.150 e. The van der Waals surface area contributed by atoms with Gasteiger partial charge in [0, 0.05) is 31.9 Å². The molecule has 1 aromatic rings. The largest absolute Gasteiger partial charge is 0.506 e. The van der Waals surface area contributed by atoms with Gasteiger partial charge in [0.25, 0.3) is 0 Å². The zero-order valence-corrected chi connectivity index (χ0v) is 19.7. The summed E-state index contributed by atoms with van der Waals surface area (Å²) in [6.45, 7) is 6.72. The fraction of sp³-hybridized carbons (Fsp3) is 0.440. The van der Waals surface area contributed by atoms with Gasteiger partial charge in [-0.1, -0.05) is 24.6 Å². The van der Waals surface area contributed by atoms with Crippen molar-refractivity contribution >= 4 is 11.6 Å². The van der Waals surface area contributed by atoms with Crippen molar-refractivity contribution in [2.24, 2.45) is 5.92 Å². The molecule has 0 atom stereocenters. The number of hydrogen-bond acceptors (Lipinski definition) is 6. The Morgan fingerprint density at radius 1 is 1.38 bits per heavy atom. The number of nitrogens with one attached hydrogen (secondary N) is 3. The number of aromatic hydroxyl groups is 1. The third-order valence-electron chi connectivity index (χ3n) is 4.99. The second-order valence-electron chi connectivity index (χ2n) is 7.40. The third-order valence-corrected chi connectivity index (χ3v) is 4.99. The monoisotopic (exact) mass is 445 g/mol. The molecular weight excluding hydrogens is 409 g/mol. The molecule has 32 heavy (non-hydrogen) atoms. The summed E-state index contributed by atoms with van der Waals surface area (Å²) in [6.07, 6.45) is 11.0. The molecule has 0 saturated heterocycles. The van der Waals surface area contributed by atoms with Crippen LogP contribution >= 0.6 is 0 Å². The van der Waals surface area contributed by atoms with Crippen LogP contribution in [0.25, 0.3) is 0 Å². The summed E-state index contributed by atoms with van der Waals surface area (Å²) in [7, 11) is 3.28. The van der Waals surface area contributed by atoms with Gasteiger partial charge in [-0.15, -0.1) is 0 Å². The van der Waals surface area contributed by atoms with E-state index in [1.54, 1.807) is 20.1 Å². The summed E-state index contributed by atoms with van der Waals surface area (Å²) in [4.78, 5) is 14.5. The highest BCUT2D eigenvalue weighted by Crippen LogP contribution is 2.37.